The number of hydrogen-bond acceptors (Lipinski definition) is 3. The number of benzene rings is 1. The first-order chi connectivity index (χ1) is 10.1. The van der Waals surface area contributed by atoms with Gasteiger partial charge in [0.1, 0.15) is 0 Å². The Labute approximate surface area is 124 Å². The number of carbonyl (C=O) groups is 2. The summed E-state index contributed by atoms with van der Waals surface area (Å²) in [6.07, 6.45) is 1.17. The van der Waals surface area contributed by atoms with Crippen molar-refractivity contribution in [2.24, 2.45) is 5.73 Å². The number of nitrogens with two attached hydrogens (primary N) is 1. The number of amides is 2. The lowest BCUT2D eigenvalue weighted by Gasteiger charge is -2.30. The lowest BCUT2D eigenvalue weighted by molar-refractivity contribution is -0.132. The fourth-order valence-corrected chi connectivity index (χ4v) is 2.26. The summed E-state index contributed by atoms with van der Waals surface area (Å²) in [6.45, 7) is 0.876. The normalized spacial score (nSPS) is 17.9. The van der Waals surface area contributed by atoms with E-state index >= 15 is 0 Å². The fourth-order valence-electron chi connectivity index (χ4n) is 2.26. The number of nitrogens with one attached hydrogen (secondary N) is 1. The van der Waals surface area contributed by atoms with E-state index in [9.17, 15) is 9.59 Å². The largest absolute Gasteiger partial charge is 0.348 e. The van der Waals surface area contributed by atoms with E-state index in [1.165, 1.54) is 0 Å². The Morgan fingerprint density at radius 2 is 2.14 bits per heavy atom. The highest BCUT2D eigenvalue weighted by Gasteiger charge is 2.24. The van der Waals surface area contributed by atoms with Crippen LogP contribution >= 0.6 is 0 Å². The molecule has 1 atom stereocenters. The van der Waals surface area contributed by atoms with Crippen molar-refractivity contribution in [1.29, 1.82) is 0 Å². The van der Waals surface area contributed by atoms with Gasteiger partial charge in [-0.1, -0.05) is 11.8 Å². The molecule has 5 nitrogen and oxygen atoms in total. The van der Waals surface area contributed by atoms with Crippen LogP contribution < -0.4 is 11.1 Å². The second-order valence-electron chi connectivity index (χ2n) is 5.07. The van der Waals surface area contributed by atoms with Crippen molar-refractivity contribution in [3.05, 3.63) is 35.4 Å². The maximum absolute atomic E-state index is 12.2. The molecule has 21 heavy (non-hydrogen) atoms. The standard InChI is InChI=1S/C16H19N3O2/c1-19-11-14(8-9-15(19)20)18-16(21)13-6-4-12(5-7-13)3-2-10-17/h4-7,14H,8-11,17H2,1H3,(H,18,21). The fraction of sp³-hybridized carbons (Fsp3) is 0.375. The zero-order valence-electron chi connectivity index (χ0n) is 12.1. The van der Waals surface area contributed by atoms with Gasteiger partial charge in [0.25, 0.3) is 5.91 Å². The Kier molecular flexibility index (Phi) is 4.96. The Hall–Kier alpha value is -2.32. The van der Waals surface area contributed by atoms with Gasteiger partial charge in [-0.3, -0.25) is 9.59 Å². The second kappa shape index (κ2) is 6.91. The second-order valence-corrected chi connectivity index (χ2v) is 5.07. The van der Waals surface area contributed by atoms with E-state index in [0.29, 0.717) is 31.5 Å². The maximum Gasteiger partial charge on any atom is 0.251 e. The molecule has 1 aliphatic heterocycles. The van der Waals surface area contributed by atoms with Gasteiger partial charge in [-0.05, 0) is 30.7 Å². The lowest BCUT2D eigenvalue weighted by atomic mass is 10.0. The van der Waals surface area contributed by atoms with Gasteiger partial charge in [-0.25, -0.2) is 0 Å². The van der Waals surface area contributed by atoms with Crippen molar-refractivity contribution in [2.75, 3.05) is 20.1 Å². The first-order valence-electron chi connectivity index (χ1n) is 6.94. The third-order valence-corrected chi connectivity index (χ3v) is 3.44. The summed E-state index contributed by atoms with van der Waals surface area (Å²) in [6, 6.07) is 7.10. The van der Waals surface area contributed by atoms with Crippen LogP contribution in [0, 0.1) is 11.8 Å². The topological polar surface area (TPSA) is 75.4 Å². The Morgan fingerprint density at radius 3 is 2.76 bits per heavy atom. The molecule has 1 aromatic carbocycles. The molecular weight excluding hydrogens is 266 g/mol. The molecule has 1 saturated heterocycles. The van der Waals surface area contributed by atoms with Crippen molar-refractivity contribution < 1.29 is 9.59 Å². The molecule has 0 bridgehead atoms. The molecule has 3 N–H and O–H groups in total. The summed E-state index contributed by atoms with van der Waals surface area (Å²) < 4.78 is 0. The molecule has 2 amide bonds. The highest BCUT2D eigenvalue weighted by molar-refractivity contribution is 5.94. The van der Waals surface area contributed by atoms with Crippen molar-refractivity contribution >= 4 is 11.8 Å². The minimum atomic E-state index is -0.124. The number of likely N-dealkylation sites (tertiary alicyclic amines) is 1. The monoisotopic (exact) mass is 285 g/mol. The molecule has 1 unspecified atom stereocenters. The first-order valence-corrected chi connectivity index (χ1v) is 6.94. The highest BCUT2D eigenvalue weighted by atomic mass is 16.2. The number of carbonyl (C=O) groups excluding carboxylic acids is 2. The van der Waals surface area contributed by atoms with Crippen LogP contribution in [0.25, 0.3) is 0 Å². The zero-order chi connectivity index (χ0) is 15.2. The summed E-state index contributed by atoms with van der Waals surface area (Å²) in [5, 5.41) is 2.96. The number of nitrogens with zero attached hydrogens (tertiary/aromatic N) is 1. The van der Waals surface area contributed by atoms with Crippen molar-refractivity contribution in [2.45, 2.75) is 18.9 Å². The molecule has 1 heterocycles. The van der Waals surface area contributed by atoms with Crippen LogP contribution in [-0.2, 0) is 4.79 Å². The average molecular weight is 285 g/mol. The van der Waals surface area contributed by atoms with E-state index in [2.05, 4.69) is 17.2 Å². The van der Waals surface area contributed by atoms with Gasteiger partial charge >= 0.3 is 0 Å². The Morgan fingerprint density at radius 1 is 1.43 bits per heavy atom. The van der Waals surface area contributed by atoms with Gasteiger partial charge in [0, 0.05) is 37.2 Å². The first kappa shape index (κ1) is 15.1. The smallest absolute Gasteiger partial charge is 0.251 e. The minimum Gasteiger partial charge on any atom is -0.348 e. The molecule has 2 rings (SSSR count). The number of piperidine rings is 1. The highest BCUT2D eigenvalue weighted by Crippen LogP contribution is 2.11. The molecule has 0 spiro atoms. The van der Waals surface area contributed by atoms with Crippen LogP contribution in [0.2, 0.25) is 0 Å². The summed E-state index contributed by atoms with van der Waals surface area (Å²) in [7, 11) is 1.76. The molecule has 0 radical (unpaired) electrons. The molecular formula is C16H19N3O2. The van der Waals surface area contributed by atoms with Gasteiger partial charge in [-0.15, -0.1) is 0 Å². The van der Waals surface area contributed by atoms with Crippen LogP contribution in [-0.4, -0.2) is 42.9 Å². The number of hydrogen-bond donors (Lipinski definition) is 2. The predicted molar refractivity (Wildman–Crippen MR) is 80.5 cm³/mol. The summed E-state index contributed by atoms with van der Waals surface area (Å²) in [5.74, 6) is 5.68. The van der Waals surface area contributed by atoms with E-state index in [1.807, 2.05) is 0 Å². The van der Waals surface area contributed by atoms with Gasteiger partial charge in [0.15, 0.2) is 0 Å². The summed E-state index contributed by atoms with van der Waals surface area (Å²) in [5.41, 5.74) is 6.74. The van der Waals surface area contributed by atoms with E-state index < -0.39 is 0 Å². The lowest BCUT2D eigenvalue weighted by Crippen LogP contribution is -2.48. The number of rotatable bonds is 2. The third-order valence-electron chi connectivity index (χ3n) is 3.44. The van der Waals surface area contributed by atoms with E-state index in [4.69, 9.17) is 5.73 Å². The molecule has 1 fully saturated rings. The van der Waals surface area contributed by atoms with Crippen LogP contribution in [0.1, 0.15) is 28.8 Å². The van der Waals surface area contributed by atoms with E-state index in [1.54, 1.807) is 36.2 Å². The van der Waals surface area contributed by atoms with Crippen molar-refractivity contribution in [3.8, 4) is 11.8 Å². The van der Waals surface area contributed by atoms with E-state index in [-0.39, 0.29) is 17.9 Å². The zero-order valence-corrected chi connectivity index (χ0v) is 12.1. The van der Waals surface area contributed by atoms with Gasteiger partial charge in [-0.2, -0.15) is 0 Å². The van der Waals surface area contributed by atoms with Crippen LogP contribution in [0.5, 0.6) is 0 Å². The quantitative estimate of drug-likeness (QED) is 0.770. The van der Waals surface area contributed by atoms with Crippen LogP contribution in [0.15, 0.2) is 24.3 Å². The van der Waals surface area contributed by atoms with Crippen molar-refractivity contribution in [3.63, 3.8) is 0 Å². The van der Waals surface area contributed by atoms with E-state index in [0.717, 1.165) is 5.56 Å². The average Bonchev–Trinajstić information content (AvgIpc) is 2.49. The third kappa shape index (κ3) is 4.07. The molecule has 1 aliphatic rings. The molecule has 0 aromatic heterocycles. The minimum absolute atomic E-state index is 0.0110. The SMILES string of the molecule is CN1CC(NC(=O)c2ccc(C#CCN)cc2)CCC1=O. The van der Waals surface area contributed by atoms with Crippen LogP contribution in [0.4, 0.5) is 0 Å². The van der Waals surface area contributed by atoms with Gasteiger partial charge in [0.2, 0.25) is 5.91 Å². The molecule has 110 valence electrons. The molecule has 0 saturated carbocycles. The molecule has 5 heteroatoms. The predicted octanol–water partition coefficient (Wildman–Crippen LogP) is 0.347. The molecule has 1 aromatic rings. The molecule has 0 aliphatic carbocycles. The number of likely N-dealkylation sites (N-methyl/N-ethyl adjacent to an activating group) is 1. The summed E-state index contributed by atoms with van der Waals surface area (Å²) >= 11 is 0. The summed E-state index contributed by atoms with van der Waals surface area (Å²) in [4.78, 5) is 25.2. The van der Waals surface area contributed by atoms with Gasteiger partial charge in [0.05, 0.1) is 6.54 Å². The van der Waals surface area contributed by atoms with Crippen LogP contribution in [0.3, 0.4) is 0 Å². The Bertz CT molecular complexity index is 584. The Balaban J connectivity index is 1.95. The van der Waals surface area contributed by atoms with Gasteiger partial charge < -0.3 is 16.0 Å². The maximum atomic E-state index is 12.2. The van der Waals surface area contributed by atoms with Crippen molar-refractivity contribution in [1.82, 2.24) is 10.2 Å².